The van der Waals surface area contributed by atoms with Gasteiger partial charge in [-0.25, -0.2) is 4.98 Å². The zero-order valence-electron chi connectivity index (χ0n) is 9.53. The van der Waals surface area contributed by atoms with Crippen molar-refractivity contribution in [2.75, 3.05) is 13.7 Å². The topological polar surface area (TPSA) is 65.5 Å². The molecule has 0 amide bonds. The number of hydrogen-bond acceptors (Lipinski definition) is 5. The van der Waals surface area contributed by atoms with Crippen molar-refractivity contribution in [3.63, 3.8) is 0 Å². The maximum absolute atomic E-state index is 11.8. The number of hydrogen-bond donors (Lipinski definition) is 0. The highest BCUT2D eigenvalue weighted by Crippen LogP contribution is 2.20. The highest BCUT2D eigenvalue weighted by molar-refractivity contribution is 6.29. The maximum atomic E-state index is 11.8. The lowest BCUT2D eigenvalue weighted by molar-refractivity contribution is -0.141. The largest absolute Gasteiger partial charge is 0.480 e. The molecule has 1 aromatic heterocycles. The van der Waals surface area contributed by atoms with E-state index in [-0.39, 0.29) is 29.6 Å². The van der Waals surface area contributed by atoms with Crippen LogP contribution in [0.3, 0.4) is 0 Å². The molecule has 0 spiro atoms. The number of esters is 1. The van der Waals surface area contributed by atoms with Crippen molar-refractivity contribution in [1.29, 1.82) is 0 Å². The summed E-state index contributed by atoms with van der Waals surface area (Å²) >= 11 is 5.66. The Hall–Kier alpha value is -1.62. The van der Waals surface area contributed by atoms with Crippen molar-refractivity contribution in [2.45, 2.75) is 13.3 Å². The van der Waals surface area contributed by atoms with Crippen LogP contribution in [-0.4, -0.2) is 30.5 Å². The first kappa shape index (κ1) is 13.4. The van der Waals surface area contributed by atoms with Gasteiger partial charge in [0.05, 0.1) is 19.3 Å². The van der Waals surface area contributed by atoms with Crippen LogP contribution in [0.5, 0.6) is 5.88 Å². The Morgan fingerprint density at radius 1 is 1.41 bits per heavy atom. The average molecular weight is 258 g/mol. The number of ketones is 1. The fourth-order valence-electron chi connectivity index (χ4n) is 1.22. The van der Waals surface area contributed by atoms with Crippen molar-refractivity contribution in [1.82, 2.24) is 4.98 Å². The van der Waals surface area contributed by atoms with Gasteiger partial charge in [0.2, 0.25) is 5.88 Å². The quantitative estimate of drug-likeness (QED) is 0.349. The first-order chi connectivity index (χ1) is 8.08. The number of Topliss-reactive ketones (excluding diaryl/α,β-unsaturated/α-hetero) is 1. The van der Waals surface area contributed by atoms with Gasteiger partial charge in [0.15, 0.2) is 5.78 Å². The molecule has 1 heterocycles. The minimum atomic E-state index is -0.575. The fourth-order valence-corrected chi connectivity index (χ4v) is 1.36. The second kappa shape index (κ2) is 6.20. The third-order valence-electron chi connectivity index (χ3n) is 1.93. The van der Waals surface area contributed by atoms with Gasteiger partial charge >= 0.3 is 5.97 Å². The highest BCUT2D eigenvalue weighted by atomic mass is 35.5. The molecule has 1 aromatic rings. The predicted octanol–water partition coefficient (Wildman–Crippen LogP) is 1.88. The van der Waals surface area contributed by atoms with Crippen LogP contribution in [0.4, 0.5) is 0 Å². The van der Waals surface area contributed by atoms with Crippen LogP contribution in [-0.2, 0) is 9.53 Å². The van der Waals surface area contributed by atoms with Crippen LogP contribution in [0.15, 0.2) is 12.1 Å². The van der Waals surface area contributed by atoms with E-state index in [0.29, 0.717) is 0 Å². The smallest absolute Gasteiger partial charge is 0.313 e. The molecule has 0 saturated heterocycles. The normalized spacial score (nSPS) is 9.82. The number of carbonyl (C=O) groups excluding carboxylic acids is 2. The second-order valence-electron chi connectivity index (χ2n) is 3.10. The molecule has 0 radical (unpaired) electrons. The highest BCUT2D eigenvalue weighted by Gasteiger charge is 2.18. The van der Waals surface area contributed by atoms with Crippen LogP contribution >= 0.6 is 11.6 Å². The monoisotopic (exact) mass is 257 g/mol. The maximum Gasteiger partial charge on any atom is 0.313 e. The number of carbonyl (C=O) groups is 2. The fraction of sp³-hybridized carbons (Fsp3) is 0.364. The molecule has 1 rings (SSSR count). The molecule has 5 nitrogen and oxygen atoms in total. The van der Waals surface area contributed by atoms with E-state index in [9.17, 15) is 9.59 Å². The van der Waals surface area contributed by atoms with Crippen molar-refractivity contribution in [3.8, 4) is 5.88 Å². The number of halogens is 1. The van der Waals surface area contributed by atoms with Gasteiger partial charge < -0.3 is 9.47 Å². The Labute approximate surface area is 104 Å². The van der Waals surface area contributed by atoms with E-state index in [1.54, 1.807) is 6.92 Å². The number of ether oxygens (including phenoxy) is 2. The third-order valence-corrected chi connectivity index (χ3v) is 2.14. The lowest BCUT2D eigenvalue weighted by atomic mass is 10.1. The Bertz CT molecular complexity index is 433. The molecule has 0 saturated carbocycles. The molecule has 17 heavy (non-hydrogen) atoms. The molecule has 0 aliphatic rings. The summed E-state index contributed by atoms with van der Waals surface area (Å²) in [4.78, 5) is 26.8. The Morgan fingerprint density at radius 3 is 2.71 bits per heavy atom. The van der Waals surface area contributed by atoms with Gasteiger partial charge in [0.1, 0.15) is 11.6 Å². The number of rotatable bonds is 5. The van der Waals surface area contributed by atoms with Gasteiger partial charge in [-0.2, -0.15) is 0 Å². The summed E-state index contributed by atoms with van der Waals surface area (Å²) in [5.74, 6) is -0.884. The number of nitrogens with zero attached hydrogens (tertiary/aromatic N) is 1. The molecule has 92 valence electrons. The van der Waals surface area contributed by atoms with E-state index in [1.807, 2.05) is 0 Å². The number of pyridine rings is 1. The van der Waals surface area contributed by atoms with Gasteiger partial charge in [-0.05, 0) is 19.1 Å². The lowest BCUT2D eigenvalue weighted by Crippen LogP contribution is -2.12. The number of aromatic nitrogens is 1. The van der Waals surface area contributed by atoms with Gasteiger partial charge in [-0.15, -0.1) is 0 Å². The zero-order valence-corrected chi connectivity index (χ0v) is 10.3. The van der Waals surface area contributed by atoms with Gasteiger partial charge in [-0.3, -0.25) is 9.59 Å². The van der Waals surface area contributed by atoms with Crippen LogP contribution in [0.25, 0.3) is 0 Å². The van der Waals surface area contributed by atoms with E-state index in [1.165, 1.54) is 19.2 Å². The molecule has 0 aliphatic heterocycles. The summed E-state index contributed by atoms with van der Waals surface area (Å²) in [7, 11) is 1.37. The van der Waals surface area contributed by atoms with Crippen molar-refractivity contribution in [2.24, 2.45) is 0 Å². The van der Waals surface area contributed by atoms with Crippen molar-refractivity contribution in [3.05, 3.63) is 22.8 Å². The minimum absolute atomic E-state index is 0.104. The van der Waals surface area contributed by atoms with E-state index in [4.69, 9.17) is 16.3 Å². The average Bonchev–Trinajstić information content (AvgIpc) is 2.28. The molecule has 0 atom stereocenters. The molecule has 0 unspecified atom stereocenters. The van der Waals surface area contributed by atoms with Gasteiger partial charge in [-0.1, -0.05) is 11.6 Å². The summed E-state index contributed by atoms with van der Waals surface area (Å²) < 4.78 is 9.60. The van der Waals surface area contributed by atoms with E-state index in [0.717, 1.165) is 0 Å². The summed E-state index contributed by atoms with van der Waals surface area (Å²) in [5, 5.41) is 0.217. The SMILES string of the molecule is CCOC(=O)CC(=O)c1ccc(Cl)nc1OC. The summed E-state index contributed by atoms with van der Waals surface area (Å²) in [6.07, 6.45) is -0.340. The minimum Gasteiger partial charge on any atom is -0.480 e. The van der Waals surface area contributed by atoms with Crippen LogP contribution in [0.2, 0.25) is 5.15 Å². The van der Waals surface area contributed by atoms with E-state index >= 15 is 0 Å². The molecule has 6 heteroatoms. The molecule has 0 N–H and O–H groups in total. The molecule has 0 fully saturated rings. The molecular formula is C11H12ClNO4. The molecular weight excluding hydrogens is 246 g/mol. The zero-order chi connectivity index (χ0) is 12.8. The predicted molar refractivity (Wildman–Crippen MR) is 61.4 cm³/mol. The first-order valence-corrected chi connectivity index (χ1v) is 5.35. The van der Waals surface area contributed by atoms with E-state index in [2.05, 4.69) is 9.72 Å². The first-order valence-electron chi connectivity index (χ1n) is 4.97. The Morgan fingerprint density at radius 2 is 2.12 bits per heavy atom. The lowest BCUT2D eigenvalue weighted by Gasteiger charge is -2.06. The Balaban J connectivity index is 2.85. The summed E-state index contributed by atoms with van der Waals surface area (Å²) in [6.45, 7) is 1.91. The van der Waals surface area contributed by atoms with Gasteiger partial charge in [0, 0.05) is 0 Å². The van der Waals surface area contributed by atoms with Crippen molar-refractivity contribution >= 4 is 23.4 Å². The van der Waals surface area contributed by atoms with Crippen molar-refractivity contribution < 1.29 is 19.1 Å². The number of methoxy groups -OCH3 is 1. The molecule has 0 bridgehead atoms. The Kier molecular flexibility index (Phi) is 4.90. The summed E-state index contributed by atoms with van der Waals surface area (Å²) in [6, 6.07) is 2.93. The molecule has 0 aromatic carbocycles. The van der Waals surface area contributed by atoms with Crippen LogP contribution in [0.1, 0.15) is 23.7 Å². The van der Waals surface area contributed by atoms with E-state index < -0.39 is 11.8 Å². The summed E-state index contributed by atoms with van der Waals surface area (Å²) in [5.41, 5.74) is 0.213. The molecule has 0 aliphatic carbocycles. The second-order valence-corrected chi connectivity index (χ2v) is 3.48. The van der Waals surface area contributed by atoms with Crippen LogP contribution < -0.4 is 4.74 Å². The third kappa shape index (κ3) is 3.71. The van der Waals surface area contributed by atoms with Gasteiger partial charge in [0.25, 0.3) is 0 Å². The van der Waals surface area contributed by atoms with Crippen LogP contribution in [0, 0.1) is 0 Å². The standard InChI is InChI=1S/C11H12ClNO4/c1-3-17-10(15)6-8(14)7-4-5-9(12)13-11(7)16-2/h4-5H,3,6H2,1-2H3.